The van der Waals surface area contributed by atoms with Gasteiger partial charge in [0.15, 0.2) is 0 Å². The highest BCUT2D eigenvalue weighted by molar-refractivity contribution is 7.87. The maximum absolute atomic E-state index is 13.6. The number of benzene rings is 1. The highest BCUT2D eigenvalue weighted by atomic mass is 32.2. The van der Waals surface area contributed by atoms with Gasteiger partial charge in [0, 0.05) is 5.41 Å². The molecule has 8 heteroatoms. The lowest BCUT2D eigenvalue weighted by Crippen LogP contribution is -2.56. The zero-order chi connectivity index (χ0) is 21.2. The Morgan fingerprint density at radius 3 is 2.38 bits per heavy atom. The first-order chi connectivity index (χ1) is 13.4. The third kappa shape index (κ3) is 3.38. The third-order valence-corrected chi connectivity index (χ3v) is 8.02. The molecule has 0 amide bonds. The first-order valence-corrected chi connectivity index (χ1v) is 11.4. The summed E-state index contributed by atoms with van der Waals surface area (Å²) in [5.41, 5.74) is 3.21. The van der Waals surface area contributed by atoms with Gasteiger partial charge in [-0.3, -0.25) is 4.55 Å². The standard InChI is InChI=1S/C21H26F2O5S/c1-13-3-4-17(14(2)5-13)20-9-15-6-16(10-20)8-19(7-15,11-20)12-28-18(24)21(22,23)29(25,26)27/h3-5,15-16H,6-12H2,1-2H3,(H,25,26,27). The zero-order valence-corrected chi connectivity index (χ0v) is 17.4. The van der Waals surface area contributed by atoms with E-state index in [0.717, 1.165) is 38.5 Å². The highest BCUT2D eigenvalue weighted by Gasteiger charge is 2.60. The van der Waals surface area contributed by atoms with Gasteiger partial charge in [0.1, 0.15) is 0 Å². The Hall–Kier alpha value is -1.54. The van der Waals surface area contributed by atoms with E-state index < -0.39 is 26.8 Å². The fraction of sp³-hybridized carbons (Fsp3) is 0.667. The van der Waals surface area contributed by atoms with E-state index in [-0.39, 0.29) is 12.0 Å². The van der Waals surface area contributed by atoms with Crippen LogP contribution in [-0.4, -0.2) is 30.8 Å². The number of esters is 1. The first kappa shape index (κ1) is 20.7. The van der Waals surface area contributed by atoms with Gasteiger partial charge in [-0.1, -0.05) is 23.8 Å². The van der Waals surface area contributed by atoms with Crippen molar-refractivity contribution < 1.29 is 31.3 Å². The maximum Gasteiger partial charge on any atom is 0.465 e. The fourth-order valence-electron chi connectivity index (χ4n) is 6.75. The lowest BCUT2D eigenvalue weighted by atomic mass is 9.43. The molecule has 160 valence electrons. The quantitative estimate of drug-likeness (QED) is 0.563. The van der Waals surface area contributed by atoms with Crippen molar-refractivity contribution in [3.05, 3.63) is 34.9 Å². The van der Waals surface area contributed by atoms with Crippen molar-refractivity contribution in [3.8, 4) is 0 Å². The SMILES string of the molecule is Cc1ccc(C23CC4CC(CC(COC(=O)C(F)(F)S(=O)(=O)O)(C4)C2)C3)c(C)c1. The molecule has 4 bridgehead atoms. The molecule has 5 nitrogen and oxygen atoms in total. The van der Waals surface area contributed by atoms with Gasteiger partial charge >= 0.3 is 21.3 Å². The van der Waals surface area contributed by atoms with E-state index in [1.165, 1.54) is 16.7 Å². The molecule has 1 aromatic rings. The summed E-state index contributed by atoms with van der Waals surface area (Å²) < 4.78 is 62.3. The predicted octanol–water partition coefficient (Wildman–Crippen LogP) is 4.17. The van der Waals surface area contributed by atoms with Crippen LogP contribution in [0.15, 0.2) is 18.2 Å². The van der Waals surface area contributed by atoms with Crippen LogP contribution in [0.2, 0.25) is 0 Å². The molecule has 1 N–H and O–H groups in total. The van der Waals surface area contributed by atoms with Gasteiger partial charge in [0.05, 0.1) is 6.61 Å². The fourth-order valence-corrected chi connectivity index (χ4v) is 7.02. The highest BCUT2D eigenvalue weighted by Crippen LogP contribution is 2.66. The van der Waals surface area contributed by atoms with Gasteiger partial charge < -0.3 is 4.74 Å². The van der Waals surface area contributed by atoms with Crippen molar-refractivity contribution >= 4 is 16.1 Å². The van der Waals surface area contributed by atoms with E-state index in [0.29, 0.717) is 11.8 Å². The summed E-state index contributed by atoms with van der Waals surface area (Å²) in [7, 11) is -5.85. The monoisotopic (exact) mass is 428 g/mol. The predicted molar refractivity (Wildman–Crippen MR) is 102 cm³/mol. The van der Waals surface area contributed by atoms with Gasteiger partial charge in [0.25, 0.3) is 0 Å². The van der Waals surface area contributed by atoms with Crippen molar-refractivity contribution in [1.82, 2.24) is 0 Å². The van der Waals surface area contributed by atoms with E-state index in [1.54, 1.807) is 0 Å². The average molecular weight is 428 g/mol. The van der Waals surface area contributed by atoms with E-state index in [1.807, 2.05) is 6.92 Å². The van der Waals surface area contributed by atoms with Crippen molar-refractivity contribution in [2.45, 2.75) is 63.0 Å². The topological polar surface area (TPSA) is 80.7 Å². The number of carbonyl (C=O) groups is 1. The first-order valence-electron chi connectivity index (χ1n) is 9.96. The number of halogens is 2. The van der Waals surface area contributed by atoms with E-state index in [4.69, 9.17) is 9.29 Å². The number of hydrogen-bond acceptors (Lipinski definition) is 4. The van der Waals surface area contributed by atoms with Crippen molar-refractivity contribution in [2.75, 3.05) is 6.61 Å². The molecule has 4 aliphatic rings. The minimum Gasteiger partial charge on any atom is -0.460 e. The number of hydrogen-bond donors (Lipinski definition) is 1. The molecule has 2 atom stereocenters. The lowest BCUT2D eigenvalue weighted by molar-refractivity contribution is -0.173. The van der Waals surface area contributed by atoms with Crippen LogP contribution in [-0.2, 0) is 25.1 Å². The summed E-state index contributed by atoms with van der Waals surface area (Å²) in [6.07, 6.45) is 5.52. The van der Waals surface area contributed by atoms with Crippen LogP contribution in [0.25, 0.3) is 0 Å². The molecule has 0 aromatic heterocycles. The summed E-state index contributed by atoms with van der Waals surface area (Å²) in [6.45, 7) is 3.91. The zero-order valence-electron chi connectivity index (χ0n) is 16.6. The minimum atomic E-state index is -5.85. The molecule has 4 saturated carbocycles. The Bertz CT molecular complexity index is 942. The average Bonchev–Trinajstić information content (AvgIpc) is 2.57. The van der Waals surface area contributed by atoms with Crippen LogP contribution >= 0.6 is 0 Å². The third-order valence-electron chi connectivity index (χ3n) is 7.21. The van der Waals surface area contributed by atoms with Gasteiger partial charge in [-0.15, -0.1) is 0 Å². The molecule has 0 radical (unpaired) electrons. The van der Waals surface area contributed by atoms with Crippen molar-refractivity contribution in [1.29, 1.82) is 0 Å². The van der Waals surface area contributed by atoms with Crippen LogP contribution in [0.1, 0.15) is 55.2 Å². The summed E-state index contributed by atoms with van der Waals surface area (Å²) in [5, 5.41) is -4.94. The van der Waals surface area contributed by atoms with Crippen LogP contribution in [0, 0.1) is 31.1 Å². The molecule has 0 spiro atoms. The molecule has 5 rings (SSSR count). The second-order valence-corrected chi connectivity index (χ2v) is 11.1. The maximum atomic E-state index is 13.6. The molecule has 1 aromatic carbocycles. The van der Waals surface area contributed by atoms with Gasteiger partial charge in [-0.25, -0.2) is 4.79 Å². The Kier molecular flexibility index (Phi) is 4.63. The number of rotatable bonds is 5. The number of ether oxygens (including phenoxy) is 1. The normalized spacial score (nSPS) is 33.7. The molecular formula is C21H26F2O5S. The summed E-state index contributed by atoms with van der Waals surface area (Å²) >= 11 is 0. The van der Waals surface area contributed by atoms with Crippen LogP contribution in [0.4, 0.5) is 8.78 Å². The Labute approximate surface area is 169 Å². The molecule has 0 aliphatic heterocycles. The van der Waals surface area contributed by atoms with Gasteiger partial charge in [-0.2, -0.15) is 17.2 Å². The number of aryl methyl sites for hydroxylation is 2. The molecule has 2 unspecified atom stereocenters. The summed E-state index contributed by atoms with van der Waals surface area (Å²) in [6, 6.07) is 6.43. The van der Waals surface area contributed by atoms with Crippen LogP contribution in [0.3, 0.4) is 0 Å². The molecule has 4 aliphatic carbocycles. The van der Waals surface area contributed by atoms with Crippen LogP contribution in [0.5, 0.6) is 0 Å². The van der Waals surface area contributed by atoms with E-state index in [9.17, 15) is 22.0 Å². The summed E-state index contributed by atoms with van der Waals surface area (Å²) in [5.74, 6) is -1.31. The Balaban J connectivity index is 1.60. The van der Waals surface area contributed by atoms with Crippen molar-refractivity contribution in [2.24, 2.45) is 17.3 Å². The number of carbonyl (C=O) groups excluding carboxylic acids is 1. The molecule has 0 heterocycles. The molecule has 4 fully saturated rings. The van der Waals surface area contributed by atoms with Gasteiger partial charge in [0.2, 0.25) is 0 Å². The van der Waals surface area contributed by atoms with Crippen molar-refractivity contribution in [3.63, 3.8) is 0 Å². The summed E-state index contributed by atoms with van der Waals surface area (Å²) in [4.78, 5) is 11.7. The minimum absolute atomic E-state index is 0.0557. The smallest absolute Gasteiger partial charge is 0.460 e. The Morgan fingerprint density at radius 1 is 1.21 bits per heavy atom. The van der Waals surface area contributed by atoms with E-state index in [2.05, 4.69) is 25.1 Å². The van der Waals surface area contributed by atoms with Gasteiger partial charge in [-0.05, 0) is 80.8 Å². The second kappa shape index (κ2) is 6.48. The van der Waals surface area contributed by atoms with E-state index >= 15 is 0 Å². The molecular weight excluding hydrogens is 402 g/mol. The second-order valence-electron chi connectivity index (χ2n) is 9.63. The lowest BCUT2D eigenvalue weighted by Gasteiger charge is -2.62. The Morgan fingerprint density at radius 2 is 1.83 bits per heavy atom. The largest absolute Gasteiger partial charge is 0.465 e. The molecule has 0 saturated heterocycles. The van der Waals surface area contributed by atoms with Crippen LogP contribution < -0.4 is 0 Å². The number of alkyl halides is 2. The molecule has 29 heavy (non-hydrogen) atoms.